The van der Waals surface area contributed by atoms with E-state index < -0.39 is 11.5 Å². The summed E-state index contributed by atoms with van der Waals surface area (Å²) in [4.78, 5) is 13.1. The molecule has 1 unspecified atom stereocenters. The predicted octanol–water partition coefficient (Wildman–Crippen LogP) is 6.18. The fourth-order valence-electron chi connectivity index (χ4n) is 4.80. The molecule has 0 aromatic heterocycles. The van der Waals surface area contributed by atoms with Crippen LogP contribution in [0.4, 0.5) is 0 Å². The molecule has 2 aromatic carbocycles. The third-order valence-corrected chi connectivity index (χ3v) is 7.07. The molecule has 0 aliphatic carbocycles. The zero-order valence-corrected chi connectivity index (χ0v) is 19.7. The summed E-state index contributed by atoms with van der Waals surface area (Å²) in [5.74, 6) is -0.0316. The van der Waals surface area contributed by atoms with Crippen LogP contribution < -0.4 is 5.32 Å². The molecule has 31 heavy (non-hydrogen) atoms. The van der Waals surface area contributed by atoms with Gasteiger partial charge in [-0.05, 0) is 68.0 Å². The summed E-state index contributed by atoms with van der Waals surface area (Å²) in [7, 11) is 0. The van der Waals surface area contributed by atoms with E-state index in [0.29, 0.717) is 22.9 Å². The van der Waals surface area contributed by atoms with Crippen LogP contribution in [-0.4, -0.2) is 23.2 Å². The maximum atomic E-state index is 13.1. The van der Waals surface area contributed by atoms with Crippen molar-refractivity contribution in [3.8, 4) is 0 Å². The number of piperidine rings is 1. The van der Waals surface area contributed by atoms with Crippen LogP contribution in [-0.2, 0) is 11.2 Å². The van der Waals surface area contributed by atoms with Crippen molar-refractivity contribution in [2.45, 2.75) is 57.6 Å². The number of aliphatic hydroxyl groups excluding tert-OH is 1. The highest BCUT2D eigenvalue weighted by molar-refractivity contribution is 6.30. The first-order valence-electron chi connectivity index (χ1n) is 10.8. The fourth-order valence-corrected chi connectivity index (χ4v) is 5.12. The van der Waals surface area contributed by atoms with Crippen LogP contribution in [0.15, 0.2) is 61.2 Å². The molecule has 2 aromatic rings. The second kappa shape index (κ2) is 10.2. The van der Waals surface area contributed by atoms with E-state index in [1.165, 1.54) is 0 Å². The van der Waals surface area contributed by atoms with E-state index in [0.717, 1.165) is 24.0 Å². The zero-order chi connectivity index (χ0) is 22.6. The van der Waals surface area contributed by atoms with Crippen molar-refractivity contribution in [1.29, 1.82) is 0 Å². The maximum absolute atomic E-state index is 13.1. The van der Waals surface area contributed by atoms with Crippen molar-refractivity contribution >= 4 is 29.1 Å². The first kappa shape index (κ1) is 23.8. The number of hydrogen-bond acceptors (Lipinski definition) is 2. The van der Waals surface area contributed by atoms with Gasteiger partial charge in [-0.25, -0.2) is 0 Å². The van der Waals surface area contributed by atoms with Crippen LogP contribution in [0.5, 0.6) is 0 Å². The number of amides is 1. The van der Waals surface area contributed by atoms with Crippen LogP contribution >= 0.6 is 23.2 Å². The van der Waals surface area contributed by atoms with E-state index >= 15 is 0 Å². The molecule has 0 radical (unpaired) electrons. The minimum absolute atomic E-state index is 0.0211. The Labute approximate surface area is 195 Å². The molecule has 2 N–H and O–H groups in total. The summed E-state index contributed by atoms with van der Waals surface area (Å²) in [6.07, 6.45) is 4.07. The van der Waals surface area contributed by atoms with E-state index in [-0.39, 0.29) is 23.8 Å². The monoisotopic (exact) mass is 459 g/mol. The summed E-state index contributed by atoms with van der Waals surface area (Å²) in [6, 6.07) is 15.4. The Kier molecular flexibility index (Phi) is 7.85. The Morgan fingerprint density at radius 1 is 1.23 bits per heavy atom. The Bertz CT molecular complexity index is 912. The van der Waals surface area contributed by atoms with E-state index in [1.807, 2.05) is 62.4 Å². The van der Waals surface area contributed by atoms with Gasteiger partial charge in [-0.3, -0.25) is 4.79 Å². The summed E-state index contributed by atoms with van der Waals surface area (Å²) < 4.78 is 0. The van der Waals surface area contributed by atoms with Crippen LogP contribution in [0.1, 0.15) is 50.2 Å². The molecule has 3 nitrogen and oxygen atoms in total. The lowest BCUT2D eigenvalue weighted by molar-refractivity contribution is -0.136. The number of halogens is 2. The minimum atomic E-state index is -0.567. The maximum Gasteiger partial charge on any atom is 0.226 e. The van der Waals surface area contributed by atoms with Crippen molar-refractivity contribution in [1.82, 2.24) is 5.32 Å². The van der Waals surface area contributed by atoms with Crippen LogP contribution in [0.3, 0.4) is 0 Å². The lowest BCUT2D eigenvalue weighted by Crippen LogP contribution is -2.57. The van der Waals surface area contributed by atoms with Crippen LogP contribution in [0.25, 0.3) is 0 Å². The van der Waals surface area contributed by atoms with Gasteiger partial charge in [-0.1, -0.05) is 60.5 Å². The average Bonchev–Trinajstić information content (AvgIpc) is 2.72. The summed E-state index contributed by atoms with van der Waals surface area (Å²) in [5, 5.41) is 15.4. The predicted molar refractivity (Wildman–Crippen MR) is 129 cm³/mol. The third-order valence-electron chi connectivity index (χ3n) is 6.58. The number of carbonyl (C=O) groups excluding carboxylic acids is 1. The molecular formula is C26H31Cl2NO2. The summed E-state index contributed by atoms with van der Waals surface area (Å²) in [5.41, 5.74) is 1.71. The van der Waals surface area contributed by atoms with Gasteiger partial charge >= 0.3 is 0 Å². The fraction of sp³-hybridized carbons (Fsp3) is 0.423. The van der Waals surface area contributed by atoms with Gasteiger partial charge in [0, 0.05) is 27.9 Å². The second-order valence-corrected chi connectivity index (χ2v) is 9.86. The number of hydrogen-bond donors (Lipinski definition) is 2. The van der Waals surface area contributed by atoms with Gasteiger partial charge in [0.25, 0.3) is 0 Å². The van der Waals surface area contributed by atoms with E-state index in [9.17, 15) is 9.90 Å². The lowest BCUT2D eigenvalue weighted by Gasteiger charge is -2.46. The molecule has 1 aliphatic heterocycles. The summed E-state index contributed by atoms with van der Waals surface area (Å²) >= 11 is 12.3. The van der Waals surface area contributed by atoms with Crippen molar-refractivity contribution in [2.24, 2.45) is 11.3 Å². The molecule has 3 rings (SSSR count). The highest BCUT2D eigenvalue weighted by atomic mass is 35.5. The molecule has 0 bridgehead atoms. The van der Waals surface area contributed by atoms with Gasteiger partial charge in [0.05, 0.1) is 11.5 Å². The normalized spacial score (nSPS) is 25.5. The highest BCUT2D eigenvalue weighted by Gasteiger charge is 2.46. The third kappa shape index (κ3) is 5.71. The lowest BCUT2D eigenvalue weighted by atomic mass is 9.66. The zero-order valence-electron chi connectivity index (χ0n) is 18.2. The van der Waals surface area contributed by atoms with E-state index in [2.05, 4.69) is 18.0 Å². The quantitative estimate of drug-likeness (QED) is 0.463. The molecule has 1 heterocycles. The molecular weight excluding hydrogens is 429 g/mol. The number of carbonyl (C=O) groups is 1. The standard InChI is InChI=1S/C26H31Cl2NO2/c1-4-14-26(3)16-23(19-6-5-7-21(28)15-19)24(29-25(26)31)22(17(2)30)13-10-18-8-11-20(27)12-9-18/h4-9,11-12,15,17,22-24,30H,1,10,13-14,16H2,2-3H3,(H,29,31)/t17?,22-,23-,24-,26+/m1/s1. The molecule has 0 saturated carbocycles. The Morgan fingerprint density at radius 2 is 1.94 bits per heavy atom. The van der Waals surface area contributed by atoms with E-state index in [4.69, 9.17) is 23.2 Å². The number of aliphatic hydroxyl groups is 1. The van der Waals surface area contributed by atoms with Crippen LogP contribution in [0.2, 0.25) is 10.0 Å². The summed E-state index contributed by atoms with van der Waals surface area (Å²) in [6.45, 7) is 7.65. The number of rotatable bonds is 8. The Hall–Kier alpha value is -1.81. The van der Waals surface area contributed by atoms with Crippen molar-refractivity contribution in [2.75, 3.05) is 0 Å². The smallest absolute Gasteiger partial charge is 0.226 e. The molecule has 1 amide bonds. The number of aryl methyl sites for hydroxylation is 1. The molecule has 5 heteroatoms. The first-order valence-corrected chi connectivity index (χ1v) is 11.6. The largest absolute Gasteiger partial charge is 0.393 e. The number of allylic oxidation sites excluding steroid dienone is 1. The second-order valence-electron chi connectivity index (χ2n) is 8.99. The van der Waals surface area contributed by atoms with Crippen molar-refractivity contribution in [3.63, 3.8) is 0 Å². The number of benzene rings is 2. The molecule has 1 saturated heterocycles. The van der Waals surface area contributed by atoms with E-state index in [1.54, 1.807) is 0 Å². The molecule has 0 spiro atoms. The van der Waals surface area contributed by atoms with Gasteiger partial charge < -0.3 is 10.4 Å². The van der Waals surface area contributed by atoms with Gasteiger partial charge in [-0.2, -0.15) is 0 Å². The Morgan fingerprint density at radius 3 is 2.55 bits per heavy atom. The Balaban J connectivity index is 1.91. The first-order chi connectivity index (χ1) is 14.7. The van der Waals surface area contributed by atoms with Gasteiger partial charge in [0.15, 0.2) is 0 Å². The number of nitrogens with one attached hydrogen (secondary N) is 1. The van der Waals surface area contributed by atoms with Gasteiger partial charge in [0.1, 0.15) is 0 Å². The highest BCUT2D eigenvalue weighted by Crippen LogP contribution is 2.44. The molecule has 166 valence electrons. The SMILES string of the molecule is C=CC[C@@]1(C)C[C@H](c2cccc(Cl)c2)[C@@H]([C@H](CCc2ccc(Cl)cc2)C(C)O)NC1=O. The van der Waals surface area contributed by atoms with Gasteiger partial charge in [-0.15, -0.1) is 6.58 Å². The van der Waals surface area contributed by atoms with Crippen LogP contribution in [0, 0.1) is 11.3 Å². The molecule has 1 fully saturated rings. The van der Waals surface area contributed by atoms with Crippen molar-refractivity contribution in [3.05, 3.63) is 82.4 Å². The molecule has 1 aliphatic rings. The topological polar surface area (TPSA) is 49.3 Å². The van der Waals surface area contributed by atoms with Gasteiger partial charge in [0.2, 0.25) is 5.91 Å². The molecule has 5 atom stereocenters. The van der Waals surface area contributed by atoms with Crippen molar-refractivity contribution < 1.29 is 9.90 Å². The average molecular weight is 460 g/mol. The minimum Gasteiger partial charge on any atom is -0.393 e.